The van der Waals surface area contributed by atoms with E-state index in [1.54, 1.807) is 24.3 Å². The second-order valence-electron chi connectivity index (χ2n) is 5.66. The van der Waals surface area contributed by atoms with Crippen LogP contribution in [-0.2, 0) is 19.6 Å². The average molecular weight is 392 g/mol. The van der Waals surface area contributed by atoms with Crippen molar-refractivity contribution < 1.29 is 27.5 Å². The van der Waals surface area contributed by atoms with Crippen LogP contribution in [0.25, 0.3) is 0 Å². The fraction of sp³-hybridized carbons (Fsp3) is 0.222. The Balaban J connectivity index is 1.92. The maximum Gasteiger partial charge on any atom is 0.338 e. The number of sulfonamides is 1. The fourth-order valence-corrected chi connectivity index (χ4v) is 2.96. The van der Waals surface area contributed by atoms with E-state index in [-0.39, 0.29) is 10.5 Å². The fourth-order valence-electron chi connectivity index (χ4n) is 2.06. The summed E-state index contributed by atoms with van der Waals surface area (Å²) in [6, 6.07) is 12.0. The Hall–Kier alpha value is -2.91. The number of ether oxygens (including phenoxy) is 2. The average Bonchev–Trinajstić information content (AvgIpc) is 2.66. The maximum absolute atomic E-state index is 12.0. The highest BCUT2D eigenvalue weighted by molar-refractivity contribution is 7.89. The van der Waals surface area contributed by atoms with Gasteiger partial charge in [0.05, 0.1) is 17.6 Å². The lowest BCUT2D eigenvalue weighted by molar-refractivity contribution is -0.119. The molecule has 0 saturated carbocycles. The van der Waals surface area contributed by atoms with Crippen molar-refractivity contribution in [2.24, 2.45) is 0 Å². The molecule has 0 aliphatic rings. The first kappa shape index (κ1) is 20.4. The van der Waals surface area contributed by atoms with Crippen molar-refractivity contribution in [3.8, 4) is 5.75 Å². The number of hydrogen-bond acceptors (Lipinski definition) is 6. The number of nitrogens with zero attached hydrogens (tertiary/aromatic N) is 1. The van der Waals surface area contributed by atoms with Gasteiger partial charge in [-0.1, -0.05) is 0 Å². The summed E-state index contributed by atoms with van der Waals surface area (Å²) in [5, 5.41) is 2.58. The molecule has 0 radical (unpaired) electrons. The van der Waals surface area contributed by atoms with Gasteiger partial charge in [0.25, 0.3) is 5.91 Å². The molecule has 0 saturated heterocycles. The van der Waals surface area contributed by atoms with Crippen molar-refractivity contribution in [3.05, 3.63) is 54.1 Å². The molecule has 0 aromatic heterocycles. The lowest BCUT2D eigenvalue weighted by Gasteiger charge is -2.11. The van der Waals surface area contributed by atoms with Gasteiger partial charge in [-0.25, -0.2) is 17.5 Å². The molecule has 0 unspecified atom stereocenters. The van der Waals surface area contributed by atoms with Crippen LogP contribution < -0.4 is 10.1 Å². The first-order valence-corrected chi connectivity index (χ1v) is 9.31. The Labute approximate surface area is 157 Å². The molecule has 0 aliphatic heterocycles. The number of benzene rings is 2. The van der Waals surface area contributed by atoms with Crippen LogP contribution in [-0.4, -0.2) is 52.4 Å². The zero-order valence-electron chi connectivity index (χ0n) is 15.1. The predicted molar refractivity (Wildman–Crippen MR) is 99.2 cm³/mol. The molecule has 8 nitrogen and oxygen atoms in total. The highest BCUT2D eigenvalue weighted by Gasteiger charge is 2.18. The third-order valence-electron chi connectivity index (χ3n) is 3.58. The number of carbonyl (C=O) groups is 2. The molecule has 0 spiro atoms. The second-order valence-corrected chi connectivity index (χ2v) is 7.82. The van der Waals surface area contributed by atoms with Gasteiger partial charge in [-0.2, -0.15) is 0 Å². The van der Waals surface area contributed by atoms with Gasteiger partial charge in [0.2, 0.25) is 10.0 Å². The molecule has 0 heterocycles. The summed E-state index contributed by atoms with van der Waals surface area (Å²) in [7, 11) is 0.792. The number of amides is 1. The van der Waals surface area contributed by atoms with Crippen LogP contribution in [0.15, 0.2) is 53.4 Å². The number of esters is 1. The Morgan fingerprint density at radius 1 is 1.00 bits per heavy atom. The summed E-state index contributed by atoms with van der Waals surface area (Å²) in [4.78, 5) is 23.9. The van der Waals surface area contributed by atoms with Gasteiger partial charge in [0, 0.05) is 19.8 Å². The quantitative estimate of drug-likeness (QED) is 0.720. The molecular weight excluding hydrogens is 372 g/mol. The molecule has 1 N–H and O–H groups in total. The standard InChI is InChI=1S/C18H20N2O6S/c1-20(2)27(23,24)16-10-4-13(5-11-16)18(22)26-12-17(21)19-14-6-8-15(25-3)9-7-14/h4-11H,12H2,1-3H3,(H,19,21). The second kappa shape index (κ2) is 8.65. The number of rotatable bonds is 7. The van der Waals surface area contributed by atoms with Crippen LogP contribution >= 0.6 is 0 Å². The van der Waals surface area contributed by atoms with Crippen LogP contribution in [0.2, 0.25) is 0 Å². The van der Waals surface area contributed by atoms with E-state index in [9.17, 15) is 18.0 Å². The molecule has 9 heteroatoms. The number of nitrogens with one attached hydrogen (secondary N) is 1. The molecule has 1 amide bonds. The highest BCUT2D eigenvalue weighted by atomic mass is 32.2. The lowest BCUT2D eigenvalue weighted by atomic mass is 10.2. The molecule has 0 aliphatic carbocycles. The number of methoxy groups -OCH3 is 1. The minimum absolute atomic E-state index is 0.0568. The summed E-state index contributed by atoms with van der Waals surface area (Å²) in [6.07, 6.45) is 0. The molecule has 0 atom stereocenters. The summed E-state index contributed by atoms with van der Waals surface area (Å²) >= 11 is 0. The van der Waals surface area contributed by atoms with Crippen molar-refractivity contribution in [3.63, 3.8) is 0 Å². The summed E-state index contributed by atoms with van der Waals surface area (Å²) < 4.78 is 35.0. The van der Waals surface area contributed by atoms with Crippen LogP contribution in [0.5, 0.6) is 5.75 Å². The van der Waals surface area contributed by atoms with Crippen molar-refractivity contribution in [1.29, 1.82) is 0 Å². The van der Waals surface area contributed by atoms with Gasteiger partial charge in [-0.15, -0.1) is 0 Å². The number of hydrogen-bond donors (Lipinski definition) is 1. The van der Waals surface area contributed by atoms with E-state index < -0.39 is 28.5 Å². The van der Waals surface area contributed by atoms with E-state index in [1.807, 2.05) is 0 Å². The SMILES string of the molecule is COc1ccc(NC(=O)COC(=O)c2ccc(S(=O)(=O)N(C)C)cc2)cc1. The molecule has 144 valence electrons. The first-order chi connectivity index (χ1) is 12.7. The Kier molecular flexibility index (Phi) is 6.54. The number of carbonyl (C=O) groups excluding carboxylic acids is 2. The van der Waals surface area contributed by atoms with E-state index in [0.717, 1.165) is 4.31 Å². The van der Waals surface area contributed by atoms with Crippen molar-refractivity contribution in [1.82, 2.24) is 4.31 Å². The van der Waals surface area contributed by atoms with Gasteiger partial charge in [0.15, 0.2) is 6.61 Å². The van der Waals surface area contributed by atoms with E-state index in [0.29, 0.717) is 11.4 Å². The first-order valence-electron chi connectivity index (χ1n) is 7.87. The van der Waals surface area contributed by atoms with Crippen LogP contribution in [0.1, 0.15) is 10.4 Å². The predicted octanol–water partition coefficient (Wildman–Crippen LogP) is 1.74. The van der Waals surface area contributed by atoms with E-state index in [4.69, 9.17) is 9.47 Å². The molecule has 0 bridgehead atoms. The van der Waals surface area contributed by atoms with Crippen molar-refractivity contribution in [2.45, 2.75) is 4.90 Å². The van der Waals surface area contributed by atoms with Gasteiger partial charge >= 0.3 is 5.97 Å². The zero-order valence-corrected chi connectivity index (χ0v) is 15.9. The number of anilines is 1. The van der Waals surface area contributed by atoms with Crippen LogP contribution in [0.3, 0.4) is 0 Å². The largest absolute Gasteiger partial charge is 0.497 e. The van der Waals surface area contributed by atoms with Crippen LogP contribution in [0, 0.1) is 0 Å². The van der Waals surface area contributed by atoms with Gasteiger partial charge < -0.3 is 14.8 Å². The zero-order chi connectivity index (χ0) is 20.0. The third-order valence-corrected chi connectivity index (χ3v) is 5.41. The highest BCUT2D eigenvalue weighted by Crippen LogP contribution is 2.16. The van der Waals surface area contributed by atoms with Gasteiger partial charge in [0.1, 0.15) is 5.75 Å². The molecule has 2 aromatic carbocycles. The summed E-state index contributed by atoms with van der Waals surface area (Å²) in [5.41, 5.74) is 0.681. The summed E-state index contributed by atoms with van der Waals surface area (Å²) in [5.74, 6) is -0.576. The van der Waals surface area contributed by atoms with Gasteiger partial charge in [-0.05, 0) is 48.5 Å². The minimum atomic E-state index is -3.58. The van der Waals surface area contributed by atoms with Crippen molar-refractivity contribution in [2.75, 3.05) is 33.1 Å². The Bertz CT molecular complexity index is 906. The molecule has 2 rings (SSSR count). The smallest absolute Gasteiger partial charge is 0.338 e. The molecule has 27 heavy (non-hydrogen) atoms. The topological polar surface area (TPSA) is 102 Å². The molecule has 2 aromatic rings. The lowest BCUT2D eigenvalue weighted by Crippen LogP contribution is -2.22. The van der Waals surface area contributed by atoms with Gasteiger partial charge in [-0.3, -0.25) is 4.79 Å². The Morgan fingerprint density at radius 2 is 1.59 bits per heavy atom. The van der Waals surface area contributed by atoms with Crippen molar-refractivity contribution >= 4 is 27.6 Å². The van der Waals surface area contributed by atoms with E-state index in [1.165, 1.54) is 45.5 Å². The molecule has 0 fully saturated rings. The monoisotopic (exact) mass is 392 g/mol. The Morgan fingerprint density at radius 3 is 2.11 bits per heavy atom. The van der Waals surface area contributed by atoms with Crippen LogP contribution in [0.4, 0.5) is 5.69 Å². The normalized spacial score (nSPS) is 11.1. The third kappa shape index (κ3) is 5.28. The van der Waals surface area contributed by atoms with E-state index >= 15 is 0 Å². The molecular formula is C18H20N2O6S. The summed E-state index contributed by atoms with van der Waals surface area (Å²) in [6.45, 7) is -0.470. The maximum atomic E-state index is 12.0. The minimum Gasteiger partial charge on any atom is -0.497 e. The van der Waals surface area contributed by atoms with E-state index in [2.05, 4.69) is 5.32 Å².